The van der Waals surface area contributed by atoms with Gasteiger partial charge in [0.1, 0.15) is 12.0 Å². The van der Waals surface area contributed by atoms with E-state index in [-0.39, 0.29) is 30.0 Å². The number of hydrogen-bond acceptors (Lipinski definition) is 7. The molecule has 2 heterocycles. The lowest BCUT2D eigenvalue weighted by Gasteiger charge is -2.32. The number of ketones is 1. The van der Waals surface area contributed by atoms with Gasteiger partial charge in [0.15, 0.2) is 5.76 Å². The van der Waals surface area contributed by atoms with Gasteiger partial charge in [0.25, 0.3) is 0 Å². The number of nitriles is 1. The SMILES string of the molecule is CN=S1(=O)CCN(c2ccc(-c3oc(C(C)(C)C)nc3[C@@H]3CC[C@H](F)C[C@H]3C(=O)CC3(C#N)CC3)cc2)CC1. The van der Waals surface area contributed by atoms with Crippen LogP contribution in [-0.2, 0) is 19.9 Å². The van der Waals surface area contributed by atoms with E-state index in [1.807, 2.05) is 45.0 Å². The van der Waals surface area contributed by atoms with Crippen LogP contribution in [0, 0.1) is 22.7 Å². The number of benzene rings is 1. The van der Waals surface area contributed by atoms with Crippen LogP contribution in [0.15, 0.2) is 33.0 Å². The van der Waals surface area contributed by atoms with Gasteiger partial charge in [-0.05, 0) is 56.4 Å². The van der Waals surface area contributed by atoms with E-state index >= 15 is 0 Å². The normalized spacial score (nSPS) is 26.1. The van der Waals surface area contributed by atoms with Crippen molar-refractivity contribution in [2.75, 3.05) is 36.5 Å². The molecule has 7 nitrogen and oxygen atoms in total. The quantitative estimate of drug-likeness (QED) is 0.432. The van der Waals surface area contributed by atoms with E-state index in [0.29, 0.717) is 49.1 Å². The molecule has 1 aliphatic heterocycles. The van der Waals surface area contributed by atoms with E-state index in [4.69, 9.17) is 9.40 Å². The van der Waals surface area contributed by atoms with Gasteiger partial charge in [-0.3, -0.25) is 4.79 Å². The molecule has 0 N–H and O–H groups in total. The lowest BCUT2D eigenvalue weighted by molar-refractivity contribution is -0.126. The van der Waals surface area contributed by atoms with Crippen LogP contribution < -0.4 is 4.90 Å². The van der Waals surface area contributed by atoms with Crippen molar-refractivity contribution in [2.24, 2.45) is 15.7 Å². The maximum Gasteiger partial charge on any atom is 0.200 e. The lowest BCUT2D eigenvalue weighted by atomic mass is 9.72. The second-order valence-corrected chi connectivity index (χ2v) is 15.3. The number of carbonyl (C=O) groups excluding carboxylic acids is 1. The number of aromatic nitrogens is 1. The fourth-order valence-electron chi connectivity index (χ4n) is 5.84. The highest BCUT2D eigenvalue weighted by molar-refractivity contribution is 7.93. The lowest BCUT2D eigenvalue weighted by Crippen LogP contribution is -2.40. The Morgan fingerprint density at radius 3 is 2.46 bits per heavy atom. The zero-order valence-corrected chi connectivity index (χ0v) is 24.2. The van der Waals surface area contributed by atoms with Crippen molar-refractivity contribution in [3.05, 3.63) is 35.9 Å². The number of carbonyl (C=O) groups is 1. The molecule has 39 heavy (non-hydrogen) atoms. The summed E-state index contributed by atoms with van der Waals surface area (Å²) < 4.78 is 37.7. The number of hydrogen-bond donors (Lipinski definition) is 0. The Balaban J connectivity index is 1.46. The van der Waals surface area contributed by atoms with Gasteiger partial charge >= 0.3 is 0 Å². The first-order valence-electron chi connectivity index (χ1n) is 14.0. The summed E-state index contributed by atoms with van der Waals surface area (Å²) in [5.41, 5.74) is 1.74. The molecule has 3 fully saturated rings. The van der Waals surface area contributed by atoms with E-state index in [9.17, 15) is 18.7 Å². The minimum absolute atomic E-state index is 0.0245. The van der Waals surface area contributed by atoms with Crippen LogP contribution in [0.2, 0.25) is 0 Å². The van der Waals surface area contributed by atoms with Gasteiger partial charge in [0.2, 0.25) is 5.89 Å². The maximum atomic E-state index is 14.6. The molecule has 0 radical (unpaired) electrons. The molecule has 1 aromatic carbocycles. The largest absolute Gasteiger partial charge is 0.440 e. The molecule has 2 aliphatic carbocycles. The minimum atomic E-state index is -2.09. The van der Waals surface area contributed by atoms with Crippen LogP contribution in [0.1, 0.15) is 76.8 Å². The monoisotopic (exact) mass is 554 g/mol. The van der Waals surface area contributed by atoms with Gasteiger partial charge in [-0.25, -0.2) is 17.9 Å². The molecule has 2 saturated carbocycles. The fraction of sp³-hybridized carbons (Fsp3) is 0.633. The summed E-state index contributed by atoms with van der Waals surface area (Å²) >= 11 is 0. The Morgan fingerprint density at radius 1 is 1.23 bits per heavy atom. The number of nitrogens with zero attached hydrogens (tertiary/aromatic N) is 4. The molecule has 210 valence electrons. The fourth-order valence-corrected chi connectivity index (χ4v) is 7.42. The number of alkyl halides is 1. The zero-order valence-electron chi connectivity index (χ0n) is 23.4. The number of oxazole rings is 1. The minimum Gasteiger partial charge on any atom is -0.440 e. The Hall–Kier alpha value is -2.73. The summed E-state index contributed by atoms with van der Waals surface area (Å²) in [7, 11) is -0.449. The molecule has 0 spiro atoms. The van der Waals surface area contributed by atoms with Gasteiger partial charge in [-0.15, -0.1) is 0 Å². The van der Waals surface area contributed by atoms with Crippen LogP contribution in [0.5, 0.6) is 0 Å². The topological polar surface area (TPSA) is 99.6 Å². The van der Waals surface area contributed by atoms with Gasteiger partial charge in [0, 0.05) is 76.3 Å². The molecule has 1 saturated heterocycles. The smallest absolute Gasteiger partial charge is 0.200 e. The second-order valence-electron chi connectivity index (χ2n) is 12.5. The van der Waals surface area contributed by atoms with Crippen LogP contribution in [-0.4, -0.2) is 52.8 Å². The summed E-state index contributed by atoms with van der Waals surface area (Å²) in [6.07, 6.45) is 1.72. The standard InChI is InChI=1S/C30H39FN4O3S/c1-29(2,3)28-34-26(23-10-7-21(31)17-24(23)25(36)18-30(19-32)11-12-30)27(38-28)20-5-8-22(9-6-20)35-13-15-39(37,33-4)16-14-35/h5-6,8-9,21,23-24H,7,10-18H2,1-4H3/t21-,23+,24+/m0/s1. The predicted molar refractivity (Wildman–Crippen MR) is 151 cm³/mol. The van der Waals surface area contributed by atoms with E-state index in [0.717, 1.165) is 29.8 Å². The van der Waals surface area contributed by atoms with Gasteiger partial charge < -0.3 is 9.32 Å². The van der Waals surface area contributed by atoms with Crippen molar-refractivity contribution in [3.63, 3.8) is 0 Å². The van der Waals surface area contributed by atoms with Crippen LogP contribution in [0.25, 0.3) is 11.3 Å². The maximum absolute atomic E-state index is 14.6. The van der Waals surface area contributed by atoms with Gasteiger partial charge in [-0.2, -0.15) is 5.26 Å². The molecule has 2 aromatic rings. The molecule has 0 amide bonds. The Labute approximate surface area is 231 Å². The molecule has 3 atom stereocenters. The molecule has 0 unspecified atom stereocenters. The Morgan fingerprint density at radius 2 is 1.90 bits per heavy atom. The summed E-state index contributed by atoms with van der Waals surface area (Å²) in [6.45, 7) is 7.50. The van der Waals surface area contributed by atoms with Crippen molar-refractivity contribution < 1.29 is 17.8 Å². The summed E-state index contributed by atoms with van der Waals surface area (Å²) in [6, 6.07) is 10.4. The molecular formula is C30H39FN4O3S. The second kappa shape index (κ2) is 10.3. The van der Waals surface area contributed by atoms with Crippen LogP contribution in [0.4, 0.5) is 10.1 Å². The molecule has 9 heteroatoms. The number of halogens is 1. The first-order chi connectivity index (χ1) is 18.5. The third-order valence-corrected chi connectivity index (χ3v) is 10.9. The zero-order chi connectivity index (χ0) is 28.0. The van der Waals surface area contributed by atoms with Gasteiger partial charge in [0.05, 0.1) is 17.2 Å². The van der Waals surface area contributed by atoms with Crippen LogP contribution in [0.3, 0.4) is 0 Å². The summed E-state index contributed by atoms with van der Waals surface area (Å²) in [4.78, 5) is 20.6. The van der Waals surface area contributed by atoms with Crippen molar-refractivity contribution >= 4 is 21.2 Å². The summed E-state index contributed by atoms with van der Waals surface area (Å²) in [5.74, 6) is 1.57. The highest BCUT2D eigenvalue weighted by Crippen LogP contribution is 2.51. The predicted octanol–water partition coefficient (Wildman–Crippen LogP) is 6.04. The Kier molecular flexibility index (Phi) is 7.38. The third kappa shape index (κ3) is 5.77. The third-order valence-electron chi connectivity index (χ3n) is 8.64. The van der Waals surface area contributed by atoms with E-state index in [2.05, 4.69) is 15.3 Å². The molecule has 1 aromatic heterocycles. The first kappa shape index (κ1) is 27.8. The van der Waals surface area contributed by atoms with Crippen molar-refractivity contribution in [1.29, 1.82) is 5.26 Å². The van der Waals surface area contributed by atoms with E-state index in [1.54, 1.807) is 7.05 Å². The molecule has 0 bridgehead atoms. The number of anilines is 1. The highest BCUT2D eigenvalue weighted by atomic mass is 32.2. The van der Waals surface area contributed by atoms with Crippen LogP contribution >= 0.6 is 0 Å². The number of rotatable bonds is 6. The average molecular weight is 555 g/mol. The van der Waals surface area contributed by atoms with Crippen molar-refractivity contribution in [2.45, 2.75) is 76.8 Å². The van der Waals surface area contributed by atoms with Crippen molar-refractivity contribution in [1.82, 2.24) is 4.98 Å². The van der Waals surface area contributed by atoms with E-state index < -0.39 is 27.2 Å². The van der Waals surface area contributed by atoms with Gasteiger partial charge in [-0.1, -0.05) is 20.8 Å². The first-order valence-corrected chi connectivity index (χ1v) is 15.9. The number of Topliss-reactive ketones (excluding diaryl/α,β-unsaturated/α-hetero) is 1. The highest BCUT2D eigenvalue weighted by Gasteiger charge is 2.48. The molecule has 5 rings (SSSR count). The molecule has 3 aliphatic rings. The van der Waals surface area contributed by atoms with E-state index in [1.165, 1.54) is 0 Å². The summed E-state index contributed by atoms with van der Waals surface area (Å²) in [5, 5.41) is 9.55. The average Bonchev–Trinajstić information content (AvgIpc) is 3.54. The Bertz CT molecular complexity index is 1380. The van der Waals surface area contributed by atoms with Crippen molar-refractivity contribution in [3.8, 4) is 17.4 Å². The molecular weight excluding hydrogens is 515 g/mol.